The van der Waals surface area contributed by atoms with Crippen molar-refractivity contribution in [3.8, 4) is 0 Å². The van der Waals surface area contributed by atoms with Crippen molar-refractivity contribution in [1.82, 2.24) is 0 Å². The second-order valence-electron chi connectivity index (χ2n) is 7.80. The molecule has 2 rings (SSSR count). The van der Waals surface area contributed by atoms with Crippen LogP contribution in [0.15, 0.2) is 48.6 Å². The van der Waals surface area contributed by atoms with Crippen molar-refractivity contribution in [1.29, 1.82) is 0 Å². The fourth-order valence-corrected chi connectivity index (χ4v) is 6.19. The van der Waals surface area contributed by atoms with Crippen LogP contribution in [0, 0.1) is 10.8 Å². The molecule has 114 valence electrons. The van der Waals surface area contributed by atoms with Gasteiger partial charge in [-0.25, -0.2) is 0 Å². The summed E-state index contributed by atoms with van der Waals surface area (Å²) in [5.41, 5.74) is 0.581. The van der Waals surface area contributed by atoms with Crippen LogP contribution in [-0.2, 0) is 30.1 Å². The van der Waals surface area contributed by atoms with Crippen molar-refractivity contribution in [2.24, 2.45) is 10.8 Å². The van der Waals surface area contributed by atoms with Crippen LogP contribution in [0.1, 0.15) is 41.5 Å². The minimum atomic E-state index is -0.250. The molecule has 0 unspecified atom stereocenters. The summed E-state index contributed by atoms with van der Waals surface area (Å²) in [7, 11) is 0. The van der Waals surface area contributed by atoms with Gasteiger partial charge in [-0.15, -0.1) is 0 Å². The van der Waals surface area contributed by atoms with Gasteiger partial charge in [0.1, 0.15) is 0 Å². The first-order valence-electron chi connectivity index (χ1n) is 7.15. The molecule has 0 aromatic carbocycles. The van der Waals surface area contributed by atoms with Crippen LogP contribution >= 0.6 is 0 Å². The van der Waals surface area contributed by atoms with Gasteiger partial charge in [-0.05, 0) is 0 Å². The van der Waals surface area contributed by atoms with E-state index in [1.54, 1.807) is 0 Å². The molecule has 0 aromatic rings. The van der Waals surface area contributed by atoms with Crippen molar-refractivity contribution in [3.05, 3.63) is 48.6 Å². The molecule has 2 nitrogen and oxygen atoms in total. The van der Waals surface area contributed by atoms with Crippen molar-refractivity contribution in [3.63, 3.8) is 0 Å². The fourth-order valence-electron chi connectivity index (χ4n) is 2.82. The van der Waals surface area contributed by atoms with Gasteiger partial charge in [0.25, 0.3) is 0 Å². The van der Waals surface area contributed by atoms with Crippen LogP contribution in [0.4, 0.5) is 0 Å². The maximum absolute atomic E-state index is 2.46. The molecule has 2 aliphatic rings. The standard InChI is InChI=1S/2C9H13.2O.Ti/c2*1-9(2,3)8-6-4-5-7-8;;;/h2*4-7H,1-3H3;;;/q;;2*-2;+4. The van der Waals surface area contributed by atoms with Crippen molar-refractivity contribution < 1.29 is 30.1 Å². The quantitative estimate of drug-likeness (QED) is 0.603. The van der Waals surface area contributed by atoms with E-state index in [0.717, 1.165) is 0 Å². The number of allylic oxidation sites excluding steroid dienone is 8. The average molecular weight is 322 g/mol. The van der Waals surface area contributed by atoms with Crippen LogP contribution < -0.4 is 0 Å². The Morgan fingerprint density at radius 2 is 0.810 bits per heavy atom. The van der Waals surface area contributed by atoms with Crippen LogP contribution in [0.3, 0.4) is 0 Å². The Labute approximate surface area is 138 Å². The smallest absolute Gasteiger partial charge is 2.00 e. The summed E-state index contributed by atoms with van der Waals surface area (Å²) in [4.78, 5) is 0. The summed E-state index contributed by atoms with van der Waals surface area (Å²) in [6.45, 7) is 14.3. The van der Waals surface area contributed by atoms with E-state index < -0.39 is 0 Å². The summed E-state index contributed by atoms with van der Waals surface area (Å²) in [5.74, 6) is 0. The molecule has 0 aliphatic heterocycles. The van der Waals surface area contributed by atoms with E-state index in [0.29, 0.717) is 10.8 Å². The summed E-state index contributed by atoms with van der Waals surface area (Å²) < 4.78 is 0.554. The number of hydrogen-bond donors (Lipinski definition) is 0. The molecule has 0 heterocycles. The third kappa shape index (κ3) is 3.51. The van der Waals surface area contributed by atoms with Crippen molar-refractivity contribution >= 4 is 0 Å². The first kappa shape index (κ1) is 20.6. The van der Waals surface area contributed by atoms with E-state index in [1.807, 2.05) is 0 Å². The molecule has 0 fully saturated rings. The van der Waals surface area contributed by atoms with E-state index in [9.17, 15) is 0 Å². The largest absolute Gasteiger partial charge is 2.00 e. The normalized spacial score (nSPS) is 21.4. The average Bonchev–Trinajstić information content (AvgIpc) is 2.86. The minimum absolute atomic E-state index is 0. The first-order chi connectivity index (χ1) is 8.62. The summed E-state index contributed by atoms with van der Waals surface area (Å²) in [6, 6.07) is 0. The van der Waals surface area contributed by atoms with Gasteiger partial charge >= 0.3 is 128 Å². The van der Waals surface area contributed by atoms with Gasteiger partial charge in [-0.3, -0.25) is 0 Å². The Bertz CT molecular complexity index is 402. The predicted octanol–water partition coefficient (Wildman–Crippen LogP) is 5.49. The number of rotatable bonds is 2. The Balaban J connectivity index is 0.00000200. The van der Waals surface area contributed by atoms with E-state index in [2.05, 4.69) is 90.2 Å². The van der Waals surface area contributed by atoms with Gasteiger partial charge in [0.15, 0.2) is 0 Å². The Morgan fingerprint density at radius 1 is 0.571 bits per heavy atom. The third-order valence-corrected chi connectivity index (χ3v) is 9.23. The monoisotopic (exact) mass is 322 g/mol. The molecule has 21 heavy (non-hydrogen) atoms. The summed E-state index contributed by atoms with van der Waals surface area (Å²) in [6.07, 6.45) is 18.8. The van der Waals surface area contributed by atoms with Crippen LogP contribution in [0.5, 0.6) is 0 Å². The molecule has 0 saturated heterocycles. The van der Waals surface area contributed by atoms with E-state index in [1.165, 1.54) is 0 Å². The topological polar surface area (TPSA) is 57.0 Å². The summed E-state index contributed by atoms with van der Waals surface area (Å²) >= 11 is -0.250. The zero-order chi connectivity index (χ0) is 14.4. The van der Waals surface area contributed by atoms with E-state index >= 15 is 0 Å². The van der Waals surface area contributed by atoms with Crippen LogP contribution in [0.25, 0.3) is 0 Å². The molecule has 0 bridgehead atoms. The maximum Gasteiger partial charge on any atom is -2.00 e. The maximum atomic E-state index is 2.46. The second kappa shape index (κ2) is 6.38. The molecule has 0 aromatic heterocycles. The zero-order valence-electron chi connectivity index (χ0n) is 13.9. The minimum Gasteiger partial charge on any atom is -2.00 e. The van der Waals surface area contributed by atoms with Crippen molar-refractivity contribution in [2.45, 2.75) is 49.0 Å². The van der Waals surface area contributed by atoms with Gasteiger partial charge < -0.3 is 11.0 Å². The van der Waals surface area contributed by atoms with Crippen LogP contribution in [0.2, 0.25) is 7.44 Å². The Hall–Kier alpha value is -0.406. The summed E-state index contributed by atoms with van der Waals surface area (Å²) in [5, 5.41) is 0. The zero-order valence-corrected chi connectivity index (χ0v) is 15.5. The van der Waals surface area contributed by atoms with Gasteiger partial charge in [-0.2, -0.15) is 0 Å². The molecule has 0 atom stereocenters. The van der Waals surface area contributed by atoms with Crippen LogP contribution in [-0.4, -0.2) is 0 Å². The van der Waals surface area contributed by atoms with E-state index in [-0.39, 0.29) is 37.5 Å². The molecule has 0 amide bonds. The molecule has 3 heteroatoms. The SMILES string of the molecule is CC(C)(C)[C]1([Ti+4][C]2(C(C)(C)C)C=CC=C2)C=CC=C1.[O-2].[O-2]. The Kier molecular flexibility index (Phi) is 6.25. The molecular weight excluding hydrogens is 296 g/mol. The second-order valence-corrected chi connectivity index (χ2v) is 10.8. The fraction of sp³-hybridized carbons (Fsp3) is 0.556. The first-order valence-corrected chi connectivity index (χ1v) is 8.72. The molecule has 0 spiro atoms. The third-order valence-electron chi connectivity index (χ3n) is 4.55. The molecule has 2 aliphatic carbocycles. The molecular formula is C18H26O2Ti. The van der Waals surface area contributed by atoms with Gasteiger partial charge in [0.05, 0.1) is 0 Å². The molecule has 0 N–H and O–H groups in total. The Morgan fingerprint density at radius 3 is 1.00 bits per heavy atom. The molecule has 0 radical (unpaired) electrons. The van der Waals surface area contributed by atoms with Gasteiger partial charge in [-0.1, -0.05) is 0 Å². The van der Waals surface area contributed by atoms with Gasteiger partial charge in [0.2, 0.25) is 0 Å². The predicted molar refractivity (Wildman–Crippen MR) is 82.2 cm³/mol. The van der Waals surface area contributed by atoms with E-state index in [4.69, 9.17) is 0 Å². The van der Waals surface area contributed by atoms with Gasteiger partial charge in [0, 0.05) is 0 Å². The van der Waals surface area contributed by atoms with Crippen molar-refractivity contribution in [2.75, 3.05) is 0 Å². The number of hydrogen-bond acceptors (Lipinski definition) is 0. The molecule has 0 saturated carbocycles.